The van der Waals surface area contributed by atoms with Crippen LogP contribution in [-0.2, 0) is 27.2 Å². The first-order valence-electron chi connectivity index (χ1n) is 11.0. The Hall–Kier alpha value is -3.99. The first-order valence-corrected chi connectivity index (χ1v) is 11.0. The molecule has 0 aliphatic heterocycles. The zero-order chi connectivity index (χ0) is 24.4. The summed E-state index contributed by atoms with van der Waals surface area (Å²) in [6.07, 6.45) is 1.03. The number of hydrogen-bond acceptors (Lipinski definition) is 4. The molecule has 1 unspecified atom stereocenters. The van der Waals surface area contributed by atoms with Gasteiger partial charge in [0.25, 0.3) is 0 Å². The Bertz CT molecular complexity index is 1300. The van der Waals surface area contributed by atoms with Crippen molar-refractivity contribution in [1.29, 1.82) is 0 Å². The number of ether oxygens (including phenoxy) is 2. The van der Waals surface area contributed by atoms with E-state index >= 15 is 4.39 Å². The predicted octanol–water partition coefficient (Wildman–Crippen LogP) is 6.23. The van der Waals surface area contributed by atoms with Gasteiger partial charge in [-0.15, -0.1) is 0 Å². The number of esters is 2. The molecule has 0 bridgehead atoms. The molecule has 0 fully saturated rings. The third kappa shape index (κ3) is 4.99. The second-order valence-corrected chi connectivity index (χ2v) is 8.59. The maximum atomic E-state index is 15.1. The van der Waals surface area contributed by atoms with E-state index in [9.17, 15) is 9.59 Å². The van der Waals surface area contributed by atoms with Crippen LogP contribution in [0.1, 0.15) is 25.0 Å². The zero-order valence-electron chi connectivity index (χ0n) is 19.2. The van der Waals surface area contributed by atoms with E-state index in [0.717, 1.165) is 22.3 Å². The average Bonchev–Trinajstić information content (AvgIpc) is 3.20. The summed E-state index contributed by atoms with van der Waals surface area (Å²) in [5.41, 5.74) is 5.65. The minimum atomic E-state index is -0.488. The highest BCUT2D eigenvalue weighted by molar-refractivity contribution is 5.89. The van der Waals surface area contributed by atoms with Gasteiger partial charge in [-0.05, 0) is 59.9 Å². The predicted molar refractivity (Wildman–Crippen MR) is 130 cm³/mol. The Morgan fingerprint density at radius 1 is 0.794 bits per heavy atom. The molecule has 3 aromatic rings. The molecule has 4 nitrogen and oxygen atoms in total. The highest BCUT2D eigenvalue weighted by Crippen LogP contribution is 2.33. The molecule has 4 rings (SSSR count). The molecule has 0 saturated heterocycles. The van der Waals surface area contributed by atoms with Gasteiger partial charge >= 0.3 is 11.9 Å². The summed E-state index contributed by atoms with van der Waals surface area (Å²) < 4.78 is 25.8. The molecule has 0 aromatic heterocycles. The second kappa shape index (κ2) is 9.48. The van der Waals surface area contributed by atoms with E-state index < -0.39 is 5.97 Å². The molecule has 34 heavy (non-hydrogen) atoms. The zero-order valence-corrected chi connectivity index (χ0v) is 19.2. The monoisotopic (exact) mass is 456 g/mol. The normalized spacial score (nSPS) is 14.3. The van der Waals surface area contributed by atoms with Crippen LogP contribution in [0.25, 0.3) is 22.3 Å². The maximum Gasteiger partial charge on any atom is 0.338 e. The van der Waals surface area contributed by atoms with Gasteiger partial charge in [-0.2, -0.15) is 0 Å². The summed E-state index contributed by atoms with van der Waals surface area (Å²) in [6.45, 7) is 10.4. The number of fused-ring (bicyclic) bond motifs is 1. The van der Waals surface area contributed by atoms with Crippen LogP contribution in [0.15, 0.2) is 85.0 Å². The van der Waals surface area contributed by atoms with E-state index in [2.05, 4.69) is 13.2 Å². The van der Waals surface area contributed by atoms with Crippen molar-refractivity contribution < 1.29 is 23.5 Å². The van der Waals surface area contributed by atoms with E-state index in [-0.39, 0.29) is 17.9 Å². The third-order valence-electron chi connectivity index (χ3n) is 5.75. The smallest absolute Gasteiger partial charge is 0.338 e. The minimum Gasteiger partial charge on any atom is -0.458 e. The van der Waals surface area contributed by atoms with Crippen molar-refractivity contribution in [2.75, 3.05) is 0 Å². The fraction of sp³-hybridized carbons (Fsp3) is 0.172. The molecule has 1 aliphatic carbocycles. The Balaban J connectivity index is 1.50. The molecule has 0 spiro atoms. The molecular formula is C29H25FO4. The molecule has 5 heteroatoms. The third-order valence-corrected chi connectivity index (χ3v) is 5.75. The summed E-state index contributed by atoms with van der Waals surface area (Å²) in [5, 5.41) is 0. The van der Waals surface area contributed by atoms with E-state index in [1.165, 1.54) is 6.07 Å². The molecule has 172 valence electrons. The largest absolute Gasteiger partial charge is 0.458 e. The van der Waals surface area contributed by atoms with E-state index in [1.807, 2.05) is 24.3 Å². The summed E-state index contributed by atoms with van der Waals surface area (Å²) in [7, 11) is 0. The van der Waals surface area contributed by atoms with Crippen LogP contribution in [-0.4, -0.2) is 18.0 Å². The molecule has 0 heterocycles. The second-order valence-electron chi connectivity index (χ2n) is 8.59. The van der Waals surface area contributed by atoms with Gasteiger partial charge in [0.2, 0.25) is 0 Å². The molecule has 1 aliphatic rings. The first kappa shape index (κ1) is 23.2. The van der Waals surface area contributed by atoms with Gasteiger partial charge in [-0.1, -0.05) is 55.6 Å². The van der Waals surface area contributed by atoms with Gasteiger partial charge < -0.3 is 9.47 Å². The van der Waals surface area contributed by atoms with Gasteiger partial charge in [-0.25, -0.2) is 14.0 Å². The van der Waals surface area contributed by atoms with Crippen molar-refractivity contribution >= 4 is 11.9 Å². The topological polar surface area (TPSA) is 52.6 Å². The van der Waals surface area contributed by atoms with Gasteiger partial charge in [0.05, 0.1) is 0 Å². The fourth-order valence-corrected chi connectivity index (χ4v) is 3.92. The van der Waals surface area contributed by atoms with Gasteiger partial charge in [0.1, 0.15) is 17.7 Å². The number of halogens is 1. The van der Waals surface area contributed by atoms with E-state index in [4.69, 9.17) is 9.47 Å². The molecule has 0 amide bonds. The molecule has 0 N–H and O–H groups in total. The molecule has 0 saturated carbocycles. The Morgan fingerprint density at radius 2 is 1.41 bits per heavy atom. The summed E-state index contributed by atoms with van der Waals surface area (Å²) in [6, 6.07) is 17.8. The highest BCUT2D eigenvalue weighted by atomic mass is 19.1. The van der Waals surface area contributed by atoms with Crippen LogP contribution in [0.2, 0.25) is 0 Å². The van der Waals surface area contributed by atoms with Gasteiger partial charge in [-0.3, -0.25) is 0 Å². The van der Waals surface area contributed by atoms with Crippen molar-refractivity contribution in [3.05, 3.63) is 102 Å². The lowest BCUT2D eigenvalue weighted by atomic mass is 9.97. The van der Waals surface area contributed by atoms with Crippen molar-refractivity contribution in [1.82, 2.24) is 0 Å². The number of hydrogen-bond donors (Lipinski definition) is 0. The van der Waals surface area contributed by atoms with Crippen LogP contribution in [0, 0.1) is 5.82 Å². The minimum absolute atomic E-state index is 0.223. The number of benzene rings is 3. The lowest BCUT2D eigenvalue weighted by molar-refractivity contribution is -0.143. The van der Waals surface area contributed by atoms with Gasteiger partial charge in [0, 0.05) is 29.6 Å². The van der Waals surface area contributed by atoms with Crippen LogP contribution in [0.4, 0.5) is 4.39 Å². The van der Waals surface area contributed by atoms with Gasteiger partial charge in [0.15, 0.2) is 0 Å². The fourth-order valence-electron chi connectivity index (χ4n) is 3.92. The summed E-state index contributed by atoms with van der Waals surface area (Å²) >= 11 is 0. The first-order chi connectivity index (χ1) is 16.2. The summed E-state index contributed by atoms with van der Waals surface area (Å²) in [4.78, 5) is 23.5. The Kier molecular flexibility index (Phi) is 6.46. The van der Waals surface area contributed by atoms with Crippen molar-refractivity contribution in [2.45, 2.75) is 32.8 Å². The average molecular weight is 457 g/mol. The van der Waals surface area contributed by atoms with E-state index in [1.54, 1.807) is 44.2 Å². The SMILES string of the molecule is C=C(C)C(=O)Oc1ccc(-c2ccc(-c3ccc4c(c3)CC(OC(=O)C(=C)C)C4)c(F)c2)cc1. The molecular weight excluding hydrogens is 431 g/mol. The van der Waals surface area contributed by atoms with Crippen LogP contribution >= 0.6 is 0 Å². The highest BCUT2D eigenvalue weighted by Gasteiger charge is 2.25. The van der Waals surface area contributed by atoms with Crippen LogP contribution < -0.4 is 4.74 Å². The maximum absolute atomic E-state index is 15.1. The molecule has 3 aromatic carbocycles. The van der Waals surface area contributed by atoms with Crippen LogP contribution in [0.3, 0.4) is 0 Å². The van der Waals surface area contributed by atoms with Crippen molar-refractivity contribution in [3.8, 4) is 28.0 Å². The molecule has 1 atom stereocenters. The lowest BCUT2D eigenvalue weighted by Crippen LogP contribution is -2.18. The summed E-state index contributed by atoms with van der Waals surface area (Å²) in [5.74, 6) is -0.808. The van der Waals surface area contributed by atoms with E-state index in [0.29, 0.717) is 40.9 Å². The molecule has 0 radical (unpaired) electrons. The standard InChI is InChI=1S/C29H25FO4/c1-17(2)28(31)33-24-10-7-19(8-11-24)21-9-12-26(27(30)16-21)22-6-5-20-14-25(15-23(20)13-22)34-29(32)18(3)4/h5-13,16,25H,1,3,14-15H2,2,4H3. The quantitative estimate of drug-likeness (QED) is 0.251. The number of carbonyl (C=O) groups excluding carboxylic acids is 2. The number of carbonyl (C=O) groups is 2. The Labute approximate surface area is 198 Å². The van der Waals surface area contributed by atoms with Crippen molar-refractivity contribution in [3.63, 3.8) is 0 Å². The Morgan fingerprint density at radius 3 is 2.06 bits per heavy atom. The number of rotatable bonds is 6. The van der Waals surface area contributed by atoms with Crippen LogP contribution in [0.5, 0.6) is 5.75 Å². The van der Waals surface area contributed by atoms with Crippen molar-refractivity contribution in [2.24, 2.45) is 0 Å². The lowest BCUT2D eigenvalue weighted by Gasteiger charge is -2.10.